The first-order valence-corrected chi connectivity index (χ1v) is 8.73. The van der Waals surface area contributed by atoms with Crippen LogP contribution in [-0.4, -0.2) is 27.1 Å². The minimum absolute atomic E-state index is 0.127. The molecule has 0 aliphatic heterocycles. The van der Waals surface area contributed by atoms with E-state index in [4.69, 9.17) is 39.5 Å². The van der Waals surface area contributed by atoms with E-state index < -0.39 is 24.3 Å². The lowest BCUT2D eigenvalue weighted by atomic mass is 10.3. The number of carbonyl (C=O) groups excluding carboxylic acids is 1. The van der Waals surface area contributed by atoms with E-state index >= 15 is 0 Å². The van der Waals surface area contributed by atoms with Gasteiger partial charge < -0.3 is 10.1 Å². The lowest BCUT2D eigenvalue weighted by molar-refractivity contribution is -0.137. The highest BCUT2D eigenvalue weighted by Gasteiger charge is 2.31. The second-order valence-electron chi connectivity index (χ2n) is 5.52. The Hall–Kier alpha value is -2.23. The van der Waals surface area contributed by atoms with Gasteiger partial charge in [0.15, 0.2) is 18.1 Å². The monoisotopic (exact) mass is 452 g/mol. The molecular formula is C16H10Cl3F3N4O2. The molecule has 0 aliphatic carbocycles. The molecule has 0 spiro atoms. The van der Waals surface area contributed by atoms with Crippen LogP contribution in [0.5, 0.6) is 5.75 Å². The zero-order chi connectivity index (χ0) is 20.5. The van der Waals surface area contributed by atoms with Gasteiger partial charge in [-0.2, -0.15) is 13.2 Å². The summed E-state index contributed by atoms with van der Waals surface area (Å²) in [5.41, 5.74) is -0.638. The van der Waals surface area contributed by atoms with Crippen molar-refractivity contribution in [3.8, 4) is 5.75 Å². The molecule has 1 N–H and O–H groups in total. The molecule has 0 saturated heterocycles. The summed E-state index contributed by atoms with van der Waals surface area (Å²) in [6, 6.07) is 4.83. The molecule has 3 rings (SSSR count). The molecule has 1 amide bonds. The number of rotatable bonds is 5. The molecule has 0 radical (unpaired) electrons. The number of pyridine rings is 1. The maximum atomic E-state index is 12.8. The van der Waals surface area contributed by atoms with Crippen LogP contribution in [0.25, 0.3) is 5.65 Å². The first kappa shape index (κ1) is 20.5. The van der Waals surface area contributed by atoms with Crippen molar-refractivity contribution in [3.63, 3.8) is 0 Å². The Morgan fingerprint density at radius 1 is 1.11 bits per heavy atom. The molecule has 1 aromatic carbocycles. The highest BCUT2D eigenvalue weighted by Crippen LogP contribution is 2.33. The quantitative estimate of drug-likeness (QED) is 0.581. The van der Waals surface area contributed by atoms with Crippen LogP contribution in [0.2, 0.25) is 15.1 Å². The van der Waals surface area contributed by atoms with E-state index in [2.05, 4.69) is 15.5 Å². The largest absolute Gasteiger partial charge is 0.482 e. The molecular weight excluding hydrogens is 444 g/mol. The molecule has 0 unspecified atom stereocenters. The molecule has 28 heavy (non-hydrogen) atoms. The van der Waals surface area contributed by atoms with E-state index in [9.17, 15) is 18.0 Å². The Bertz CT molecular complexity index is 1040. The molecule has 0 atom stereocenters. The molecule has 0 bridgehead atoms. The van der Waals surface area contributed by atoms with Gasteiger partial charge in [-0.05, 0) is 18.2 Å². The molecule has 2 aromatic heterocycles. The number of fused-ring (bicyclic) bond motifs is 1. The maximum Gasteiger partial charge on any atom is 0.417 e. The number of nitrogens with one attached hydrogen (secondary N) is 1. The standard InChI is InChI=1S/C16H10Cl3F3N4O2/c17-9-3-11(19)12(4-10(9)18)28-7-15(27)23-5-14-25-24-13-2-1-8(6-26(13)14)16(20,21)22/h1-4,6H,5,7H2,(H,23,27). The maximum absolute atomic E-state index is 12.8. The zero-order valence-corrected chi connectivity index (χ0v) is 16.0. The van der Waals surface area contributed by atoms with Crippen molar-refractivity contribution in [3.05, 3.63) is 56.9 Å². The third-order valence-electron chi connectivity index (χ3n) is 3.58. The minimum Gasteiger partial charge on any atom is -0.482 e. The predicted molar refractivity (Wildman–Crippen MR) is 96.8 cm³/mol. The average molecular weight is 454 g/mol. The molecule has 0 aliphatic rings. The summed E-state index contributed by atoms with van der Waals surface area (Å²) in [4.78, 5) is 12.0. The topological polar surface area (TPSA) is 68.5 Å². The van der Waals surface area contributed by atoms with Gasteiger partial charge in [-0.25, -0.2) is 0 Å². The van der Waals surface area contributed by atoms with Crippen LogP contribution in [0.15, 0.2) is 30.5 Å². The number of benzene rings is 1. The number of hydrogen-bond acceptors (Lipinski definition) is 4. The van der Waals surface area contributed by atoms with E-state index in [1.807, 2.05) is 0 Å². The van der Waals surface area contributed by atoms with Crippen molar-refractivity contribution in [2.45, 2.75) is 12.7 Å². The summed E-state index contributed by atoms with van der Waals surface area (Å²) in [5.74, 6) is -0.262. The normalized spacial score (nSPS) is 11.6. The number of alkyl halides is 3. The van der Waals surface area contributed by atoms with Crippen molar-refractivity contribution in [2.24, 2.45) is 0 Å². The Balaban J connectivity index is 1.64. The third-order valence-corrected chi connectivity index (χ3v) is 4.60. The zero-order valence-electron chi connectivity index (χ0n) is 13.7. The van der Waals surface area contributed by atoms with E-state index in [1.54, 1.807) is 0 Å². The second-order valence-corrected chi connectivity index (χ2v) is 6.74. The van der Waals surface area contributed by atoms with Crippen molar-refractivity contribution in [1.82, 2.24) is 19.9 Å². The molecule has 3 aromatic rings. The third kappa shape index (κ3) is 4.60. The second kappa shape index (κ2) is 8.02. The minimum atomic E-state index is -4.51. The van der Waals surface area contributed by atoms with Crippen LogP contribution in [-0.2, 0) is 17.5 Å². The SMILES string of the molecule is O=C(COc1cc(Cl)c(Cl)cc1Cl)NCc1nnc2ccc(C(F)(F)F)cn12. The number of nitrogens with zero attached hydrogens (tertiary/aromatic N) is 3. The van der Waals surface area contributed by atoms with Gasteiger partial charge in [0.1, 0.15) is 5.75 Å². The van der Waals surface area contributed by atoms with Crippen molar-refractivity contribution in [1.29, 1.82) is 0 Å². The van der Waals surface area contributed by atoms with Gasteiger partial charge in [0.05, 0.1) is 27.2 Å². The van der Waals surface area contributed by atoms with Crippen LogP contribution >= 0.6 is 34.8 Å². The van der Waals surface area contributed by atoms with Crippen molar-refractivity contribution in [2.75, 3.05) is 6.61 Å². The predicted octanol–water partition coefficient (Wildman–Crippen LogP) is 4.40. The molecule has 0 fully saturated rings. The van der Waals surface area contributed by atoms with Crippen LogP contribution in [0, 0.1) is 0 Å². The molecule has 6 nitrogen and oxygen atoms in total. The van der Waals surface area contributed by atoms with Crippen LogP contribution in [0.3, 0.4) is 0 Å². The summed E-state index contributed by atoms with van der Waals surface area (Å²) < 4.78 is 45.0. The number of amides is 1. The highest BCUT2D eigenvalue weighted by molar-refractivity contribution is 6.43. The van der Waals surface area contributed by atoms with Gasteiger partial charge >= 0.3 is 6.18 Å². The van der Waals surface area contributed by atoms with Crippen LogP contribution < -0.4 is 10.1 Å². The Morgan fingerprint density at radius 2 is 1.82 bits per heavy atom. The Kier molecular flexibility index (Phi) is 5.87. The number of hydrogen-bond donors (Lipinski definition) is 1. The van der Waals surface area contributed by atoms with Gasteiger partial charge in [-0.15, -0.1) is 10.2 Å². The Labute approximate surface area is 171 Å². The van der Waals surface area contributed by atoms with E-state index in [0.29, 0.717) is 0 Å². The first-order chi connectivity index (χ1) is 13.1. The summed E-state index contributed by atoms with van der Waals surface area (Å²) >= 11 is 17.6. The van der Waals surface area contributed by atoms with Gasteiger partial charge in [-0.1, -0.05) is 34.8 Å². The van der Waals surface area contributed by atoms with Gasteiger partial charge in [0.25, 0.3) is 5.91 Å². The van der Waals surface area contributed by atoms with Gasteiger partial charge in [0, 0.05) is 12.3 Å². The summed E-state index contributed by atoms with van der Waals surface area (Å²) in [7, 11) is 0. The molecule has 2 heterocycles. The van der Waals surface area contributed by atoms with E-state index in [-0.39, 0.29) is 38.8 Å². The summed E-state index contributed by atoms with van der Waals surface area (Å²) in [5, 5.41) is 10.6. The number of aromatic nitrogens is 3. The fraction of sp³-hybridized carbons (Fsp3) is 0.188. The molecule has 0 saturated carbocycles. The summed E-state index contributed by atoms with van der Waals surface area (Å²) in [6.07, 6.45) is -3.64. The smallest absolute Gasteiger partial charge is 0.417 e. The fourth-order valence-corrected chi connectivity index (χ4v) is 2.80. The molecule has 148 valence electrons. The fourth-order valence-electron chi connectivity index (χ4n) is 2.21. The van der Waals surface area contributed by atoms with E-state index in [0.717, 1.165) is 16.7 Å². The highest BCUT2D eigenvalue weighted by atomic mass is 35.5. The lowest BCUT2D eigenvalue weighted by Gasteiger charge is -2.10. The van der Waals surface area contributed by atoms with Crippen molar-refractivity contribution >= 4 is 46.4 Å². The van der Waals surface area contributed by atoms with Gasteiger partial charge in [0.2, 0.25) is 0 Å². The number of halogens is 6. The average Bonchev–Trinajstić information content (AvgIpc) is 3.03. The van der Waals surface area contributed by atoms with Crippen LogP contribution in [0.1, 0.15) is 11.4 Å². The number of ether oxygens (including phenoxy) is 1. The van der Waals surface area contributed by atoms with Crippen molar-refractivity contribution < 1.29 is 22.7 Å². The summed E-state index contributed by atoms with van der Waals surface area (Å²) in [6.45, 7) is -0.554. The first-order valence-electron chi connectivity index (χ1n) is 7.60. The van der Waals surface area contributed by atoms with Crippen LogP contribution in [0.4, 0.5) is 13.2 Å². The lowest BCUT2D eigenvalue weighted by Crippen LogP contribution is -2.29. The van der Waals surface area contributed by atoms with E-state index in [1.165, 1.54) is 18.2 Å². The Morgan fingerprint density at radius 3 is 2.54 bits per heavy atom. The number of carbonyl (C=O) groups is 1. The molecule has 12 heteroatoms. The van der Waals surface area contributed by atoms with Gasteiger partial charge in [-0.3, -0.25) is 9.20 Å².